The van der Waals surface area contributed by atoms with Crippen LogP contribution in [0.25, 0.3) is 11.4 Å². The normalized spacial score (nSPS) is 13.7. The summed E-state index contributed by atoms with van der Waals surface area (Å²) in [6.45, 7) is 0.246. The molecule has 0 spiro atoms. The Labute approximate surface area is 127 Å². The molecule has 0 unspecified atom stereocenters. The monoisotopic (exact) mass is 303 g/mol. The van der Waals surface area contributed by atoms with Gasteiger partial charge in [0.2, 0.25) is 17.6 Å². The Morgan fingerprint density at radius 2 is 2.09 bits per heavy atom. The molecule has 1 aromatic heterocycles. The Bertz CT molecular complexity index is 679. The first-order chi connectivity index (χ1) is 10.7. The average Bonchev–Trinajstić information content (AvgIpc) is 3.30. The molecule has 3 rings (SSSR count). The SMILES string of the molecule is COc1ccc(-c2noc(CNC(=O)C3CC3)n2)cc1OC. The summed E-state index contributed by atoms with van der Waals surface area (Å²) in [5.74, 6) is 2.24. The number of aromatic nitrogens is 2. The van der Waals surface area contributed by atoms with E-state index < -0.39 is 0 Å². The van der Waals surface area contributed by atoms with Crippen molar-refractivity contribution in [3.05, 3.63) is 24.1 Å². The maximum Gasteiger partial charge on any atom is 0.246 e. The minimum Gasteiger partial charge on any atom is -0.493 e. The number of nitrogens with one attached hydrogen (secondary N) is 1. The van der Waals surface area contributed by atoms with Crippen LogP contribution in [0.3, 0.4) is 0 Å². The van der Waals surface area contributed by atoms with Crippen molar-refractivity contribution in [2.24, 2.45) is 5.92 Å². The number of carbonyl (C=O) groups excluding carboxylic acids is 1. The molecule has 116 valence electrons. The first kappa shape index (κ1) is 14.4. The van der Waals surface area contributed by atoms with E-state index in [1.807, 2.05) is 6.07 Å². The van der Waals surface area contributed by atoms with Crippen molar-refractivity contribution in [3.63, 3.8) is 0 Å². The van der Waals surface area contributed by atoms with Gasteiger partial charge in [-0.3, -0.25) is 4.79 Å². The van der Waals surface area contributed by atoms with E-state index in [-0.39, 0.29) is 18.4 Å². The van der Waals surface area contributed by atoms with Gasteiger partial charge in [-0.1, -0.05) is 5.16 Å². The van der Waals surface area contributed by atoms with E-state index in [0.29, 0.717) is 23.2 Å². The molecule has 1 aliphatic carbocycles. The lowest BCUT2D eigenvalue weighted by Crippen LogP contribution is -2.24. The van der Waals surface area contributed by atoms with Gasteiger partial charge in [-0.25, -0.2) is 0 Å². The lowest BCUT2D eigenvalue weighted by Gasteiger charge is -2.07. The molecule has 1 fully saturated rings. The highest BCUT2D eigenvalue weighted by molar-refractivity contribution is 5.80. The molecule has 0 saturated heterocycles. The molecule has 1 amide bonds. The lowest BCUT2D eigenvalue weighted by atomic mass is 10.2. The number of methoxy groups -OCH3 is 2. The van der Waals surface area contributed by atoms with Crippen LogP contribution in [0, 0.1) is 5.92 Å². The van der Waals surface area contributed by atoms with Crippen molar-refractivity contribution in [2.75, 3.05) is 14.2 Å². The number of hydrogen-bond acceptors (Lipinski definition) is 6. The van der Waals surface area contributed by atoms with Crippen LogP contribution in [0.5, 0.6) is 11.5 Å². The number of ether oxygens (including phenoxy) is 2. The van der Waals surface area contributed by atoms with E-state index in [0.717, 1.165) is 18.4 Å². The third-order valence-corrected chi connectivity index (χ3v) is 3.47. The number of benzene rings is 1. The van der Waals surface area contributed by atoms with E-state index in [1.54, 1.807) is 26.4 Å². The zero-order valence-electron chi connectivity index (χ0n) is 12.5. The van der Waals surface area contributed by atoms with Crippen molar-refractivity contribution in [2.45, 2.75) is 19.4 Å². The minimum atomic E-state index is 0.0471. The maximum absolute atomic E-state index is 11.6. The fraction of sp³-hybridized carbons (Fsp3) is 0.400. The summed E-state index contributed by atoms with van der Waals surface area (Å²) >= 11 is 0. The second kappa shape index (κ2) is 6.05. The first-order valence-corrected chi connectivity index (χ1v) is 7.04. The van der Waals surface area contributed by atoms with Gasteiger partial charge in [-0.15, -0.1) is 0 Å². The quantitative estimate of drug-likeness (QED) is 0.875. The van der Waals surface area contributed by atoms with Gasteiger partial charge in [0, 0.05) is 11.5 Å². The third kappa shape index (κ3) is 3.03. The van der Waals surface area contributed by atoms with Gasteiger partial charge < -0.3 is 19.3 Å². The average molecular weight is 303 g/mol. The van der Waals surface area contributed by atoms with E-state index in [1.165, 1.54) is 0 Å². The number of carbonyl (C=O) groups is 1. The molecular weight excluding hydrogens is 286 g/mol. The molecule has 0 bridgehead atoms. The smallest absolute Gasteiger partial charge is 0.246 e. The van der Waals surface area contributed by atoms with Crippen LogP contribution in [-0.4, -0.2) is 30.3 Å². The van der Waals surface area contributed by atoms with E-state index in [4.69, 9.17) is 14.0 Å². The summed E-state index contributed by atoms with van der Waals surface area (Å²) in [6, 6.07) is 5.37. The number of hydrogen-bond donors (Lipinski definition) is 1. The summed E-state index contributed by atoms with van der Waals surface area (Å²) in [5.41, 5.74) is 0.751. The van der Waals surface area contributed by atoms with E-state index in [2.05, 4.69) is 15.5 Å². The predicted molar refractivity (Wildman–Crippen MR) is 77.4 cm³/mol. The van der Waals surface area contributed by atoms with Crippen molar-refractivity contribution in [1.29, 1.82) is 0 Å². The lowest BCUT2D eigenvalue weighted by molar-refractivity contribution is -0.122. The van der Waals surface area contributed by atoms with Gasteiger partial charge >= 0.3 is 0 Å². The van der Waals surface area contributed by atoms with Gasteiger partial charge in [0.1, 0.15) is 0 Å². The van der Waals surface area contributed by atoms with Gasteiger partial charge in [-0.05, 0) is 31.0 Å². The van der Waals surface area contributed by atoms with Gasteiger partial charge in [0.15, 0.2) is 11.5 Å². The van der Waals surface area contributed by atoms with Gasteiger partial charge in [0.05, 0.1) is 20.8 Å². The molecule has 7 nitrogen and oxygen atoms in total. The molecule has 0 aliphatic heterocycles. The van der Waals surface area contributed by atoms with Crippen LogP contribution in [0.4, 0.5) is 0 Å². The third-order valence-electron chi connectivity index (χ3n) is 3.47. The van der Waals surface area contributed by atoms with E-state index >= 15 is 0 Å². The first-order valence-electron chi connectivity index (χ1n) is 7.04. The molecule has 1 aliphatic rings. The number of nitrogens with zero attached hydrogens (tertiary/aromatic N) is 2. The molecule has 1 aromatic carbocycles. The fourth-order valence-electron chi connectivity index (χ4n) is 2.07. The van der Waals surface area contributed by atoms with Crippen LogP contribution in [0.15, 0.2) is 22.7 Å². The van der Waals surface area contributed by atoms with Crippen LogP contribution >= 0.6 is 0 Å². The zero-order valence-corrected chi connectivity index (χ0v) is 12.5. The zero-order chi connectivity index (χ0) is 15.5. The number of rotatable bonds is 6. The Morgan fingerprint density at radius 3 is 2.77 bits per heavy atom. The molecule has 2 aromatic rings. The second-order valence-corrected chi connectivity index (χ2v) is 5.07. The van der Waals surface area contributed by atoms with Gasteiger partial charge in [-0.2, -0.15) is 4.98 Å². The molecule has 0 atom stereocenters. The van der Waals surface area contributed by atoms with Gasteiger partial charge in [0.25, 0.3) is 0 Å². The largest absolute Gasteiger partial charge is 0.493 e. The molecule has 22 heavy (non-hydrogen) atoms. The van der Waals surface area contributed by atoms with Crippen LogP contribution in [-0.2, 0) is 11.3 Å². The molecule has 1 saturated carbocycles. The highest BCUT2D eigenvalue weighted by Gasteiger charge is 2.29. The maximum atomic E-state index is 11.6. The molecule has 0 radical (unpaired) electrons. The Hall–Kier alpha value is -2.57. The second-order valence-electron chi connectivity index (χ2n) is 5.07. The van der Waals surface area contributed by atoms with Crippen molar-refractivity contribution < 1.29 is 18.8 Å². The van der Waals surface area contributed by atoms with Crippen molar-refractivity contribution in [1.82, 2.24) is 15.5 Å². The highest BCUT2D eigenvalue weighted by atomic mass is 16.5. The molecule has 7 heteroatoms. The predicted octanol–water partition coefficient (Wildman–Crippen LogP) is 1.78. The molecule has 1 N–H and O–H groups in total. The molecular formula is C15H17N3O4. The van der Waals surface area contributed by atoms with E-state index in [9.17, 15) is 4.79 Å². The summed E-state index contributed by atoms with van der Waals surface area (Å²) in [5, 5.41) is 6.71. The summed E-state index contributed by atoms with van der Waals surface area (Å²) in [7, 11) is 3.14. The standard InChI is InChI=1S/C15H17N3O4/c1-20-11-6-5-10(7-12(11)21-2)14-17-13(22-18-14)8-16-15(19)9-3-4-9/h5-7,9H,3-4,8H2,1-2H3,(H,16,19). The highest BCUT2D eigenvalue weighted by Crippen LogP contribution is 2.31. The van der Waals surface area contributed by atoms with Crippen molar-refractivity contribution >= 4 is 5.91 Å². The Balaban J connectivity index is 1.71. The summed E-state index contributed by atoms with van der Waals surface area (Å²) in [4.78, 5) is 15.9. The summed E-state index contributed by atoms with van der Waals surface area (Å²) < 4.78 is 15.6. The molecule has 1 heterocycles. The fourth-order valence-corrected chi connectivity index (χ4v) is 2.07. The number of amides is 1. The van der Waals surface area contributed by atoms with Crippen LogP contribution < -0.4 is 14.8 Å². The van der Waals surface area contributed by atoms with Crippen molar-refractivity contribution in [3.8, 4) is 22.9 Å². The minimum absolute atomic E-state index is 0.0471. The topological polar surface area (TPSA) is 86.5 Å². The van der Waals surface area contributed by atoms with Crippen LogP contribution in [0.1, 0.15) is 18.7 Å². The Morgan fingerprint density at radius 1 is 1.32 bits per heavy atom. The van der Waals surface area contributed by atoms with Crippen LogP contribution in [0.2, 0.25) is 0 Å². The summed E-state index contributed by atoms with van der Waals surface area (Å²) in [6.07, 6.45) is 1.93. The Kier molecular flexibility index (Phi) is 3.95.